The smallest absolute Gasteiger partial charge is 0.255 e. The van der Waals surface area contributed by atoms with Crippen LogP contribution in [0.3, 0.4) is 0 Å². The maximum Gasteiger partial charge on any atom is 0.255 e. The molecular formula is C18H11ClF3N3O. The Labute approximate surface area is 151 Å². The third-order valence-corrected chi connectivity index (χ3v) is 3.71. The number of carbonyl (C=O) groups is 1. The average molecular weight is 378 g/mol. The number of hydrogen-bond acceptors (Lipinski definition) is 3. The number of carbonyl (C=O) groups excluding carboxylic acids is 1. The molecule has 0 aliphatic rings. The van der Waals surface area contributed by atoms with Crippen molar-refractivity contribution in [3.63, 3.8) is 0 Å². The fourth-order valence-corrected chi connectivity index (χ4v) is 2.34. The Balaban J connectivity index is 1.80. The highest BCUT2D eigenvalue weighted by atomic mass is 35.5. The Morgan fingerprint density at radius 2 is 1.69 bits per heavy atom. The molecule has 0 fully saturated rings. The largest absolute Gasteiger partial charge is 0.335 e. The van der Waals surface area contributed by atoms with Crippen LogP contribution in [-0.4, -0.2) is 10.9 Å². The number of hydrogen-bond donors (Lipinski definition) is 2. The minimum atomic E-state index is -0.789. The van der Waals surface area contributed by atoms with Gasteiger partial charge in [-0.2, -0.15) is 0 Å². The number of nitrogens with one attached hydrogen (secondary N) is 2. The lowest BCUT2D eigenvalue weighted by Gasteiger charge is -2.10. The highest BCUT2D eigenvalue weighted by Gasteiger charge is 2.12. The van der Waals surface area contributed by atoms with Crippen LogP contribution < -0.4 is 10.6 Å². The molecule has 8 heteroatoms. The number of pyridine rings is 1. The van der Waals surface area contributed by atoms with Gasteiger partial charge in [0.05, 0.1) is 5.02 Å². The van der Waals surface area contributed by atoms with Gasteiger partial charge in [0.2, 0.25) is 0 Å². The van der Waals surface area contributed by atoms with Gasteiger partial charge in [-0.1, -0.05) is 17.7 Å². The van der Waals surface area contributed by atoms with Gasteiger partial charge in [-0.15, -0.1) is 0 Å². The molecule has 3 rings (SSSR count). The van der Waals surface area contributed by atoms with Crippen LogP contribution in [0.1, 0.15) is 10.4 Å². The molecule has 1 amide bonds. The van der Waals surface area contributed by atoms with Crippen LogP contribution in [0, 0.1) is 17.5 Å². The standard InChI is InChI=1S/C18H11ClF3N3O/c19-12-9-11(4-5-13(12)20)24-18(26)10-6-7-23-16(8-10)25-17-14(21)2-1-3-15(17)22/h1-9H,(H,23,25)(H,24,26). The lowest BCUT2D eigenvalue weighted by Crippen LogP contribution is -2.12. The second kappa shape index (κ2) is 7.45. The number of amides is 1. The van der Waals surface area contributed by atoms with Crippen molar-refractivity contribution < 1.29 is 18.0 Å². The van der Waals surface area contributed by atoms with Crippen molar-refractivity contribution in [2.45, 2.75) is 0 Å². The van der Waals surface area contributed by atoms with Crippen molar-refractivity contribution in [2.24, 2.45) is 0 Å². The average Bonchev–Trinajstić information content (AvgIpc) is 2.62. The summed E-state index contributed by atoms with van der Waals surface area (Å²) in [5.41, 5.74) is 0.107. The van der Waals surface area contributed by atoms with Gasteiger partial charge < -0.3 is 10.6 Å². The summed E-state index contributed by atoms with van der Waals surface area (Å²) in [7, 11) is 0. The molecule has 0 aliphatic carbocycles. The van der Waals surface area contributed by atoms with Crippen LogP contribution in [0.15, 0.2) is 54.7 Å². The first-order valence-corrected chi connectivity index (χ1v) is 7.75. The highest BCUT2D eigenvalue weighted by molar-refractivity contribution is 6.31. The summed E-state index contributed by atoms with van der Waals surface area (Å²) in [5, 5.41) is 4.92. The zero-order chi connectivity index (χ0) is 18.7. The van der Waals surface area contributed by atoms with Crippen molar-refractivity contribution in [1.82, 2.24) is 4.98 Å². The molecule has 0 saturated heterocycles. The summed E-state index contributed by atoms with van der Waals surface area (Å²) in [6.45, 7) is 0. The Morgan fingerprint density at radius 1 is 0.962 bits per heavy atom. The Hall–Kier alpha value is -3.06. The van der Waals surface area contributed by atoms with E-state index >= 15 is 0 Å². The molecule has 26 heavy (non-hydrogen) atoms. The molecule has 2 N–H and O–H groups in total. The molecule has 0 radical (unpaired) electrons. The molecule has 0 bridgehead atoms. The van der Waals surface area contributed by atoms with Gasteiger partial charge in [-0.05, 0) is 42.5 Å². The Morgan fingerprint density at radius 3 is 2.38 bits per heavy atom. The first-order chi connectivity index (χ1) is 12.4. The topological polar surface area (TPSA) is 54.0 Å². The molecule has 132 valence electrons. The van der Waals surface area contributed by atoms with Crippen molar-refractivity contribution >= 4 is 34.7 Å². The number of halogens is 4. The van der Waals surface area contributed by atoms with Crippen LogP contribution >= 0.6 is 11.6 Å². The molecule has 2 aromatic carbocycles. The van der Waals surface area contributed by atoms with Crippen molar-refractivity contribution in [1.29, 1.82) is 0 Å². The first kappa shape index (κ1) is 17.8. The second-order valence-electron chi connectivity index (χ2n) is 5.23. The summed E-state index contributed by atoms with van der Waals surface area (Å²) in [5.74, 6) is -2.62. The number of rotatable bonds is 4. The lowest BCUT2D eigenvalue weighted by molar-refractivity contribution is 0.102. The molecule has 4 nitrogen and oxygen atoms in total. The minimum absolute atomic E-state index is 0.0822. The summed E-state index contributed by atoms with van der Waals surface area (Å²) in [4.78, 5) is 16.2. The van der Waals surface area contributed by atoms with E-state index in [0.29, 0.717) is 5.69 Å². The van der Waals surface area contributed by atoms with Crippen LogP contribution in [0.25, 0.3) is 0 Å². The van der Waals surface area contributed by atoms with E-state index < -0.39 is 23.4 Å². The molecule has 1 aromatic heterocycles. The fraction of sp³-hybridized carbons (Fsp3) is 0. The summed E-state index contributed by atoms with van der Waals surface area (Å²) < 4.78 is 40.6. The van der Waals surface area contributed by atoms with E-state index in [0.717, 1.165) is 18.2 Å². The molecular weight excluding hydrogens is 367 g/mol. The zero-order valence-electron chi connectivity index (χ0n) is 13.1. The predicted octanol–water partition coefficient (Wildman–Crippen LogP) is 5.15. The summed E-state index contributed by atoms with van der Waals surface area (Å²) in [6.07, 6.45) is 1.31. The Kier molecular flexibility index (Phi) is 5.09. The van der Waals surface area contributed by atoms with Crippen LogP contribution in [-0.2, 0) is 0 Å². The quantitative estimate of drug-likeness (QED) is 0.661. The zero-order valence-corrected chi connectivity index (χ0v) is 13.8. The van der Waals surface area contributed by atoms with Gasteiger partial charge in [0, 0.05) is 17.4 Å². The van der Waals surface area contributed by atoms with Crippen LogP contribution in [0.5, 0.6) is 0 Å². The van der Waals surface area contributed by atoms with Crippen LogP contribution in [0.2, 0.25) is 5.02 Å². The minimum Gasteiger partial charge on any atom is -0.335 e. The number of benzene rings is 2. The number of para-hydroxylation sites is 1. The normalized spacial score (nSPS) is 10.5. The molecule has 0 atom stereocenters. The highest BCUT2D eigenvalue weighted by Crippen LogP contribution is 2.23. The lowest BCUT2D eigenvalue weighted by atomic mass is 10.2. The van der Waals surface area contributed by atoms with Gasteiger partial charge in [0.1, 0.15) is 29.0 Å². The number of nitrogens with zero attached hydrogens (tertiary/aromatic N) is 1. The number of anilines is 3. The van der Waals surface area contributed by atoms with Gasteiger partial charge in [-0.3, -0.25) is 4.79 Å². The SMILES string of the molecule is O=C(Nc1ccc(F)c(Cl)c1)c1ccnc(Nc2c(F)cccc2F)c1. The molecule has 1 heterocycles. The third kappa shape index (κ3) is 3.94. The second-order valence-corrected chi connectivity index (χ2v) is 5.64. The molecule has 0 saturated carbocycles. The van der Waals surface area contributed by atoms with Gasteiger partial charge in [-0.25, -0.2) is 18.2 Å². The van der Waals surface area contributed by atoms with E-state index in [4.69, 9.17) is 11.6 Å². The molecule has 0 spiro atoms. The number of aromatic nitrogens is 1. The third-order valence-electron chi connectivity index (χ3n) is 3.42. The predicted molar refractivity (Wildman–Crippen MR) is 93.2 cm³/mol. The summed E-state index contributed by atoms with van der Waals surface area (Å²) in [6, 6.07) is 9.92. The monoisotopic (exact) mass is 377 g/mol. The first-order valence-electron chi connectivity index (χ1n) is 7.37. The van der Waals surface area contributed by atoms with E-state index in [-0.39, 0.29) is 22.1 Å². The molecule has 0 unspecified atom stereocenters. The van der Waals surface area contributed by atoms with E-state index in [1.807, 2.05) is 0 Å². The van der Waals surface area contributed by atoms with E-state index in [9.17, 15) is 18.0 Å². The van der Waals surface area contributed by atoms with E-state index in [1.54, 1.807) is 0 Å². The molecule has 3 aromatic rings. The van der Waals surface area contributed by atoms with Gasteiger partial charge in [0.15, 0.2) is 0 Å². The maximum absolute atomic E-state index is 13.7. The van der Waals surface area contributed by atoms with Crippen molar-refractivity contribution in [3.05, 3.63) is 82.8 Å². The van der Waals surface area contributed by atoms with Gasteiger partial charge >= 0.3 is 0 Å². The molecule has 0 aliphatic heterocycles. The van der Waals surface area contributed by atoms with Crippen LogP contribution in [0.4, 0.5) is 30.4 Å². The summed E-state index contributed by atoms with van der Waals surface area (Å²) >= 11 is 5.67. The van der Waals surface area contributed by atoms with E-state index in [1.165, 1.54) is 36.5 Å². The fourth-order valence-electron chi connectivity index (χ4n) is 2.16. The maximum atomic E-state index is 13.7. The van der Waals surface area contributed by atoms with Gasteiger partial charge in [0.25, 0.3) is 5.91 Å². The van der Waals surface area contributed by atoms with Crippen molar-refractivity contribution in [2.75, 3.05) is 10.6 Å². The van der Waals surface area contributed by atoms with Crippen molar-refractivity contribution in [3.8, 4) is 0 Å². The Bertz CT molecular complexity index is 961. The van der Waals surface area contributed by atoms with E-state index in [2.05, 4.69) is 15.6 Å².